The first-order valence-electron chi connectivity index (χ1n) is 7.11. The Hall–Kier alpha value is -3.41. The summed E-state index contributed by atoms with van der Waals surface area (Å²) >= 11 is 0. The lowest BCUT2D eigenvalue weighted by Gasteiger charge is -1.99. The summed E-state index contributed by atoms with van der Waals surface area (Å²) in [7, 11) is 0. The number of nitrogens with zero attached hydrogens (tertiary/aromatic N) is 2. The molecule has 0 fully saturated rings. The molecule has 0 aliphatic rings. The van der Waals surface area contributed by atoms with E-state index in [9.17, 15) is 4.79 Å². The molecular formula is C17H13N5O. The van der Waals surface area contributed by atoms with Crippen molar-refractivity contribution in [2.24, 2.45) is 5.73 Å². The number of amides is 1. The summed E-state index contributed by atoms with van der Waals surface area (Å²) in [6.07, 6.45) is 3.50. The van der Waals surface area contributed by atoms with E-state index < -0.39 is 5.91 Å². The number of nitrogens with two attached hydrogens (primary N) is 1. The highest BCUT2D eigenvalue weighted by Crippen LogP contribution is 2.24. The molecule has 4 rings (SSSR count). The van der Waals surface area contributed by atoms with Crippen molar-refractivity contribution >= 4 is 16.9 Å². The van der Waals surface area contributed by atoms with E-state index in [2.05, 4.69) is 19.9 Å². The molecule has 0 unspecified atom stereocenters. The summed E-state index contributed by atoms with van der Waals surface area (Å²) in [6, 6.07) is 13.2. The number of aromatic nitrogens is 4. The third kappa shape index (κ3) is 2.26. The lowest BCUT2D eigenvalue weighted by Crippen LogP contribution is -2.11. The fraction of sp³-hybridized carbons (Fsp3) is 0. The number of rotatable bonds is 3. The van der Waals surface area contributed by atoms with E-state index in [-0.39, 0.29) is 0 Å². The average Bonchev–Trinajstić information content (AvgIpc) is 3.24. The first-order valence-corrected chi connectivity index (χ1v) is 7.11. The number of benzene rings is 2. The highest BCUT2D eigenvalue weighted by atomic mass is 16.1. The van der Waals surface area contributed by atoms with Crippen molar-refractivity contribution < 1.29 is 4.79 Å². The van der Waals surface area contributed by atoms with Gasteiger partial charge in [-0.2, -0.15) is 0 Å². The van der Waals surface area contributed by atoms with Gasteiger partial charge in [-0.05, 0) is 12.1 Å². The van der Waals surface area contributed by atoms with E-state index in [4.69, 9.17) is 5.73 Å². The van der Waals surface area contributed by atoms with Crippen molar-refractivity contribution in [3.05, 3.63) is 60.4 Å². The largest absolute Gasteiger partial charge is 0.366 e. The molecular weight excluding hydrogens is 290 g/mol. The van der Waals surface area contributed by atoms with Crippen LogP contribution >= 0.6 is 0 Å². The molecule has 2 aromatic carbocycles. The zero-order valence-electron chi connectivity index (χ0n) is 12.1. The van der Waals surface area contributed by atoms with Crippen LogP contribution in [0, 0.1) is 0 Å². The number of hydrogen-bond acceptors (Lipinski definition) is 3. The predicted octanol–water partition coefficient (Wildman–Crippen LogP) is 2.72. The molecule has 6 nitrogen and oxygen atoms in total. The van der Waals surface area contributed by atoms with Gasteiger partial charge in [0.25, 0.3) is 5.91 Å². The third-order valence-corrected chi connectivity index (χ3v) is 3.71. The Morgan fingerprint density at radius 1 is 1.00 bits per heavy atom. The maximum atomic E-state index is 11.5. The fourth-order valence-corrected chi connectivity index (χ4v) is 2.58. The molecule has 0 bridgehead atoms. The average molecular weight is 303 g/mol. The Balaban J connectivity index is 1.77. The zero-order valence-corrected chi connectivity index (χ0v) is 12.1. The molecule has 2 aromatic heterocycles. The number of aromatic amines is 2. The second kappa shape index (κ2) is 5.10. The molecule has 4 N–H and O–H groups in total. The number of H-pyrrole nitrogens is 2. The predicted molar refractivity (Wildman–Crippen MR) is 87.6 cm³/mol. The zero-order chi connectivity index (χ0) is 15.8. The molecule has 2 heterocycles. The van der Waals surface area contributed by atoms with Crippen LogP contribution in [-0.2, 0) is 0 Å². The van der Waals surface area contributed by atoms with Crippen LogP contribution in [-0.4, -0.2) is 25.8 Å². The van der Waals surface area contributed by atoms with Gasteiger partial charge in [-0.25, -0.2) is 9.97 Å². The van der Waals surface area contributed by atoms with E-state index in [1.807, 2.05) is 30.3 Å². The van der Waals surface area contributed by atoms with Gasteiger partial charge < -0.3 is 15.7 Å². The van der Waals surface area contributed by atoms with Crippen LogP contribution < -0.4 is 5.73 Å². The summed E-state index contributed by atoms with van der Waals surface area (Å²) < 4.78 is 0. The van der Waals surface area contributed by atoms with Gasteiger partial charge in [0.1, 0.15) is 17.2 Å². The van der Waals surface area contributed by atoms with Crippen LogP contribution in [0.15, 0.2) is 54.9 Å². The van der Waals surface area contributed by atoms with Gasteiger partial charge in [-0.15, -0.1) is 0 Å². The number of nitrogens with one attached hydrogen (secondary N) is 2. The number of imidazole rings is 2. The van der Waals surface area contributed by atoms with Gasteiger partial charge in [-0.3, -0.25) is 4.79 Å². The molecule has 112 valence electrons. The summed E-state index contributed by atoms with van der Waals surface area (Å²) in [6.45, 7) is 0. The van der Waals surface area contributed by atoms with E-state index in [1.165, 1.54) is 0 Å². The van der Waals surface area contributed by atoms with Crippen LogP contribution in [0.5, 0.6) is 0 Å². The highest BCUT2D eigenvalue weighted by Gasteiger charge is 2.12. The number of carbonyl (C=O) groups excluding carboxylic acids is 1. The summed E-state index contributed by atoms with van der Waals surface area (Å²) in [5.41, 5.74) is 9.10. The quantitative estimate of drug-likeness (QED) is 0.542. The van der Waals surface area contributed by atoms with Gasteiger partial charge >= 0.3 is 0 Å². The highest BCUT2D eigenvalue weighted by molar-refractivity contribution is 6.04. The monoisotopic (exact) mass is 303 g/mol. The number of carbonyl (C=O) groups is 1. The fourth-order valence-electron chi connectivity index (χ4n) is 2.58. The number of primary amides is 1. The standard InChI is InChI=1S/C17H13N5O/c18-15(23)12-2-1-3-13-14(12)22-17(21-13)11-6-4-10(5-7-11)16-19-8-9-20-16/h1-9H,(H2,18,23)(H,19,20)(H,21,22). The normalized spacial score (nSPS) is 11.0. The van der Waals surface area contributed by atoms with Gasteiger partial charge in [-0.1, -0.05) is 30.3 Å². The molecule has 4 aromatic rings. The van der Waals surface area contributed by atoms with E-state index in [0.717, 1.165) is 22.5 Å². The van der Waals surface area contributed by atoms with Crippen LogP contribution in [0.4, 0.5) is 0 Å². The first kappa shape index (κ1) is 13.3. The second-order valence-electron chi connectivity index (χ2n) is 5.17. The Morgan fingerprint density at radius 2 is 1.74 bits per heavy atom. The van der Waals surface area contributed by atoms with Gasteiger partial charge in [0.15, 0.2) is 0 Å². The summed E-state index contributed by atoms with van der Waals surface area (Å²) in [5, 5.41) is 0. The lowest BCUT2D eigenvalue weighted by atomic mass is 10.1. The molecule has 0 aliphatic heterocycles. The van der Waals surface area contributed by atoms with Crippen LogP contribution in [0.1, 0.15) is 10.4 Å². The summed E-state index contributed by atoms with van der Waals surface area (Å²) in [5.74, 6) is 1.03. The van der Waals surface area contributed by atoms with Gasteiger partial charge in [0.2, 0.25) is 0 Å². The van der Waals surface area contributed by atoms with Crippen molar-refractivity contribution in [2.45, 2.75) is 0 Å². The van der Waals surface area contributed by atoms with Crippen LogP contribution in [0.3, 0.4) is 0 Å². The van der Waals surface area contributed by atoms with Gasteiger partial charge in [0, 0.05) is 23.5 Å². The lowest BCUT2D eigenvalue weighted by molar-refractivity contribution is 0.100. The molecule has 6 heteroatoms. The SMILES string of the molecule is NC(=O)c1cccc2[nH]c(-c3ccc(-c4ncc[nH]4)cc3)nc12. The maximum absolute atomic E-state index is 11.5. The van der Waals surface area contributed by atoms with Crippen LogP contribution in [0.25, 0.3) is 33.8 Å². The minimum atomic E-state index is -0.484. The first-order chi connectivity index (χ1) is 11.2. The molecule has 0 saturated heterocycles. The number of fused-ring (bicyclic) bond motifs is 1. The summed E-state index contributed by atoms with van der Waals surface area (Å²) in [4.78, 5) is 26.5. The van der Waals surface area contributed by atoms with Crippen molar-refractivity contribution in [3.63, 3.8) is 0 Å². The molecule has 0 aliphatic carbocycles. The van der Waals surface area contributed by atoms with E-state index >= 15 is 0 Å². The molecule has 0 atom stereocenters. The Labute approximate surface area is 131 Å². The van der Waals surface area contributed by atoms with Crippen molar-refractivity contribution in [3.8, 4) is 22.8 Å². The van der Waals surface area contributed by atoms with E-state index in [1.54, 1.807) is 24.5 Å². The molecule has 0 radical (unpaired) electrons. The minimum absolute atomic E-state index is 0.414. The van der Waals surface area contributed by atoms with Gasteiger partial charge in [0.05, 0.1) is 11.1 Å². The van der Waals surface area contributed by atoms with Crippen LogP contribution in [0.2, 0.25) is 0 Å². The Bertz CT molecular complexity index is 984. The Kier molecular flexibility index (Phi) is 2.94. The molecule has 0 saturated carbocycles. The number of para-hydroxylation sites is 1. The third-order valence-electron chi connectivity index (χ3n) is 3.71. The van der Waals surface area contributed by atoms with Crippen molar-refractivity contribution in [1.29, 1.82) is 0 Å². The maximum Gasteiger partial charge on any atom is 0.250 e. The smallest absolute Gasteiger partial charge is 0.250 e. The topological polar surface area (TPSA) is 100 Å². The van der Waals surface area contributed by atoms with Crippen molar-refractivity contribution in [2.75, 3.05) is 0 Å². The van der Waals surface area contributed by atoms with E-state index in [0.29, 0.717) is 16.9 Å². The molecule has 23 heavy (non-hydrogen) atoms. The molecule has 1 amide bonds. The minimum Gasteiger partial charge on any atom is -0.366 e. The molecule has 0 spiro atoms. The second-order valence-corrected chi connectivity index (χ2v) is 5.17. The van der Waals surface area contributed by atoms with Crippen molar-refractivity contribution in [1.82, 2.24) is 19.9 Å². The number of hydrogen-bond donors (Lipinski definition) is 3. The Morgan fingerprint density at radius 3 is 2.39 bits per heavy atom.